The standard InChI is InChI=1S/C70H141N2O6P/c1-6-8-10-12-14-16-18-20-22-24-26-28-30-32-34-36-38-40-42-44-46-48-50-52-54-56-58-60-62-64-70(74)71-68(67-78-79(75,76)77-66-65-72(3,4)5)69(73)63-61-59-57-55-53-51-49-47-45-43-41-39-37-35-33-31-29-27-25-23-21-19-17-15-13-11-9-7-2/h61,63,68-69,73H,6-60,62,64-67H2,1-5H3,(H-,71,74,75,76)/p+1/b63-61+. The molecule has 472 valence electrons. The number of hydrogen-bond acceptors (Lipinski definition) is 5. The van der Waals surface area contributed by atoms with Crippen LogP contribution in [0.2, 0.25) is 0 Å². The minimum atomic E-state index is -4.35. The summed E-state index contributed by atoms with van der Waals surface area (Å²) in [4.78, 5) is 23.4. The monoisotopic (exact) mass is 1140 g/mol. The number of nitrogens with one attached hydrogen (secondary N) is 1. The molecule has 0 aromatic carbocycles. The molecule has 0 spiro atoms. The summed E-state index contributed by atoms with van der Waals surface area (Å²) in [5.74, 6) is -0.166. The second-order valence-corrected chi connectivity index (χ2v) is 27.4. The van der Waals surface area contributed by atoms with Gasteiger partial charge in [-0.25, -0.2) is 4.57 Å². The predicted molar refractivity (Wildman–Crippen MR) is 346 cm³/mol. The number of likely N-dealkylation sites (N-methyl/N-ethyl adjacent to an activating group) is 1. The zero-order valence-electron chi connectivity index (χ0n) is 54.2. The van der Waals surface area contributed by atoms with Crippen molar-refractivity contribution in [3.63, 3.8) is 0 Å². The van der Waals surface area contributed by atoms with E-state index < -0.39 is 20.0 Å². The number of phosphoric ester groups is 1. The highest BCUT2D eigenvalue weighted by Crippen LogP contribution is 2.43. The number of hydrogen-bond donors (Lipinski definition) is 3. The van der Waals surface area contributed by atoms with Crippen molar-refractivity contribution in [1.29, 1.82) is 0 Å². The second kappa shape index (κ2) is 61.8. The molecule has 8 nitrogen and oxygen atoms in total. The molecule has 0 saturated heterocycles. The van der Waals surface area contributed by atoms with Gasteiger partial charge in [-0.2, -0.15) is 0 Å². The molecule has 0 bridgehead atoms. The van der Waals surface area contributed by atoms with E-state index >= 15 is 0 Å². The van der Waals surface area contributed by atoms with Crippen LogP contribution in [0.4, 0.5) is 0 Å². The number of amides is 1. The average Bonchev–Trinajstić information content (AvgIpc) is 3.42. The van der Waals surface area contributed by atoms with Crippen LogP contribution in [-0.2, 0) is 18.4 Å². The van der Waals surface area contributed by atoms with Crippen molar-refractivity contribution < 1.29 is 32.9 Å². The zero-order chi connectivity index (χ0) is 57.7. The Morgan fingerprint density at radius 3 is 0.937 bits per heavy atom. The molecule has 0 aliphatic rings. The van der Waals surface area contributed by atoms with Crippen LogP contribution in [0.3, 0.4) is 0 Å². The van der Waals surface area contributed by atoms with Crippen molar-refractivity contribution in [2.45, 2.75) is 392 Å². The molecular formula is C70H142N2O6P+. The second-order valence-electron chi connectivity index (χ2n) is 26.0. The summed E-state index contributed by atoms with van der Waals surface area (Å²) < 4.78 is 23.8. The van der Waals surface area contributed by atoms with Gasteiger partial charge in [0, 0.05) is 6.42 Å². The van der Waals surface area contributed by atoms with Crippen molar-refractivity contribution in [1.82, 2.24) is 5.32 Å². The normalized spacial score (nSPS) is 13.7. The summed E-state index contributed by atoms with van der Waals surface area (Å²) in [6.07, 6.45) is 79.4. The first-order valence-corrected chi connectivity index (χ1v) is 37.1. The number of allylic oxidation sites excluding steroid dienone is 1. The molecule has 9 heteroatoms. The number of aliphatic hydroxyl groups is 1. The third-order valence-electron chi connectivity index (χ3n) is 16.8. The largest absolute Gasteiger partial charge is 0.472 e. The van der Waals surface area contributed by atoms with Gasteiger partial charge in [-0.15, -0.1) is 0 Å². The molecule has 0 rings (SSSR count). The summed E-state index contributed by atoms with van der Waals surface area (Å²) in [7, 11) is 1.60. The maximum absolute atomic E-state index is 13.1. The van der Waals surface area contributed by atoms with E-state index in [2.05, 4.69) is 19.2 Å². The van der Waals surface area contributed by atoms with E-state index in [0.29, 0.717) is 17.4 Å². The van der Waals surface area contributed by atoms with Crippen LogP contribution in [0.1, 0.15) is 380 Å². The van der Waals surface area contributed by atoms with Gasteiger partial charge >= 0.3 is 7.82 Å². The number of nitrogens with zero attached hydrogens (tertiary/aromatic N) is 1. The molecule has 0 heterocycles. The Hall–Kier alpha value is -0.760. The topological polar surface area (TPSA) is 105 Å². The third-order valence-corrected chi connectivity index (χ3v) is 17.7. The van der Waals surface area contributed by atoms with Gasteiger partial charge in [0.25, 0.3) is 0 Å². The molecule has 3 unspecified atom stereocenters. The molecule has 0 fully saturated rings. The smallest absolute Gasteiger partial charge is 0.387 e. The molecule has 0 aliphatic heterocycles. The van der Waals surface area contributed by atoms with Gasteiger partial charge in [-0.3, -0.25) is 13.8 Å². The number of aliphatic hydroxyl groups excluding tert-OH is 1. The molecule has 1 amide bonds. The minimum absolute atomic E-state index is 0.0655. The minimum Gasteiger partial charge on any atom is -0.387 e. The summed E-state index contributed by atoms with van der Waals surface area (Å²) in [6.45, 7) is 4.89. The van der Waals surface area contributed by atoms with E-state index in [4.69, 9.17) is 9.05 Å². The number of carbonyl (C=O) groups is 1. The Kier molecular flexibility index (Phi) is 61.2. The Bertz CT molecular complexity index is 1290. The lowest BCUT2D eigenvalue weighted by molar-refractivity contribution is -0.870. The first-order valence-electron chi connectivity index (χ1n) is 35.6. The van der Waals surface area contributed by atoms with Crippen LogP contribution in [0.25, 0.3) is 0 Å². The lowest BCUT2D eigenvalue weighted by atomic mass is 10.0. The maximum atomic E-state index is 13.1. The Labute approximate surface area is 494 Å². The van der Waals surface area contributed by atoms with Crippen LogP contribution in [0.5, 0.6) is 0 Å². The van der Waals surface area contributed by atoms with Gasteiger partial charge in [0.15, 0.2) is 0 Å². The molecule has 0 radical (unpaired) electrons. The molecule has 79 heavy (non-hydrogen) atoms. The van der Waals surface area contributed by atoms with Crippen LogP contribution in [0, 0.1) is 0 Å². The van der Waals surface area contributed by atoms with Gasteiger partial charge in [0.05, 0.1) is 39.9 Å². The summed E-state index contributed by atoms with van der Waals surface area (Å²) in [6, 6.07) is -0.844. The predicted octanol–water partition coefficient (Wildman–Crippen LogP) is 22.5. The van der Waals surface area contributed by atoms with E-state index in [1.807, 2.05) is 27.2 Å². The van der Waals surface area contributed by atoms with Gasteiger partial charge in [0.2, 0.25) is 5.91 Å². The number of phosphoric acid groups is 1. The number of quaternary nitrogens is 1. The fourth-order valence-corrected chi connectivity index (χ4v) is 12.0. The quantitative estimate of drug-likeness (QED) is 0.0243. The van der Waals surface area contributed by atoms with Gasteiger partial charge in [-0.1, -0.05) is 366 Å². The molecule has 3 atom stereocenters. The Morgan fingerprint density at radius 1 is 0.418 bits per heavy atom. The Balaban J connectivity index is 4.02. The highest BCUT2D eigenvalue weighted by molar-refractivity contribution is 7.47. The molecule has 0 aromatic heterocycles. The molecule has 0 aliphatic carbocycles. The van der Waals surface area contributed by atoms with Crippen LogP contribution in [-0.4, -0.2) is 73.4 Å². The van der Waals surface area contributed by atoms with Gasteiger partial charge in [-0.05, 0) is 19.3 Å². The highest BCUT2D eigenvalue weighted by Gasteiger charge is 2.28. The maximum Gasteiger partial charge on any atom is 0.472 e. The summed E-state index contributed by atoms with van der Waals surface area (Å²) in [5, 5.41) is 14.0. The van der Waals surface area contributed by atoms with E-state index in [-0.39, 0.29) is 19.1 Å². The first-order chi connectivity index (χ1) is 38.5. The SMILES string of the molecule is CCCCCCCCCCCCCCCCCCCCCCCCCCCC/C=C/C(O)C(COP(=O)(O)OCC[N+](C)(C)C)NC(=O)CCCCCCCCCCCCCCCCCCCCCCCCCCCCCCC. The average molecular weight is 1140 g/mol. The molecule has 3 N–H and O–H groups in total. The van der Waals surface area contributed by atoms with Crippen molar-refractivity contribution >= 4 is 13.7 Å². The van der Waals surface area contributed by atoms with Crippen molar-refractivity contribution in [3.05, 3.63) is 12.2 Å². The molecular weight excluding hydrogens is 996 g/mol. The lowest BCUT2D eigenvalue weighted by Crippen LogP contribution is -2.45. The van der Waals surface area contributed by atoms with Gasteiger partial charge in [0.1, 0.15) is 13.2 Å². The fraction of sp³-hybridized carbons (Fsp3) is 0.957. The summed E-state index contributed by atoms with van der Waals surface area (Å²) >= 11 is 0. The van der Waals surface area contributed by atoms with E-state index in [0.717, 1.165) is 32.1 Å². The van der Waals surface area contributed by atoms with Crippen LogP contribution < -0.4 is 5.32 Å². The lowest BCUT2D eigenvalue weighted by Gasteiger charge is -2.25. The van der Waals surface area contributed by atoms with E-state index in [1.165, 1.54) is 327 Å². The Morgan fingerprint density at radius 2 is 0.671 bits per heavy atom. The first kappa shape index (κ1) is 78.2. The van der Waals surface area contributed by atoms with Gasteiger partial charge < -0.3 is 19.8 Å². The highest BCUT2D eigenvalue weighted by atomic mass is 31.2. The molecule has 0 aromatic rings. The van der Waals surface area contributed by atoms with Crippen molar-refractivity contribution in [3.8, 4) is 0 Å². The van der Waals surface area contributed by atoms with Crippen LogP contribution in [0.15, 0.2) is 12.2 Å². The fourth-order valence-electron chi connectivity index (χ4n) is 11.2. The number of carbonyl (C=O) groups excluding carboxylic acids is 1. The van der Waals surface area contributed by atoms with Crippen molar-refractivity contribution in [2.24, 2.45) is 0 Å². The summed E-state index contributed by atoms with van der Waals surface area (Å²) in [5.41, 5.74) is 0. The van der Waals surface area contributed by atoms with Crippen molar-refractivity contribution in [2.75, 3.05) is 40.9 Å². The zero-order valence-corrected chi connectivity index (χ0v) is 55.1. The number of rotatable bonds is 67. The number of unbranched alkanes of at least 4 members (excludes halogenated alkanes) is 54. The third kappa shape index (κ3) is 64.7. The van der Waals surface area contributed by atoms with Crippen LogP contribution >= 0.6 is 7.82 Å². The van der Waals surface area contributed by atoms with E-state index in [9.17, 15) is 19.4 Å². The molecule has 0 saturated carbocycles. The van der Waals surface area contributed by atoms with E-state index in [1.54, 1.807) is 6.08 Å².